The second kappa shape index (κ2) is 10.6. The van der Waals surface area contributed by atoms with Crippen LogP contribution in [0.4, 0.5) is 0 Å². The van der Waals surface area contributed by atoms with Crippen molar-refractivity contribution in [2.75, 3.05) is 19.6 Å². The molecule has 4 rings (SSSR count). The second-order valence-electron chi connectivity index (χ2n) is 8.74. The van der Waals surface area contributed by atoms with Crippen molar-refractivity contribution in [2.45, 2.75) is 64.2 Å². The maximum Gasteiger partial charge on any atom is 0.250 e. The zero-order chi connectivity index (χ0) is 21.5. The Morgan fingerprint density at radius 2 is 1.84 bits per heavy atom. The molecule has 2 aromatic rings. The van der Waals surface area contributed by atoms with Gasteiger partial charge in [-0.3, -0.25) is 9.69 Å². The number of aliphatic imine (C=N–C) groups is 1. The molecule has 1 unspecified atom stereocenters. The van der Waals surface area contributed by atoms with Gasteiger partial charge in [-0.2, -0.15) is 0 Å². The topological polar surface area (TPSA) is 61.7 Å². The second-order valence-corrected chi connectivity index (χ2v) is 8.74. The molecule has 166 valence electrons. The van der Waals surface area contributed by atoms with E-state index in [0.29, 0.717) is 19.1 Å². The molecule has 1 atom stereocenters. The van der Waals surface area contributed by atoms with Gasteiger partial charge in [0.1, 0.15) is 0 Å². The first-order valence-electron chi connectivity index (χ1n) is 11.7. The van der Waals surface area contributed by atoms with Gasteiger partial charge in [0.25, 0.3) is 5.56 Å². The van der Waals surface area contributed by atoms with Gasteiger partial charge in [0.2, 0.25) is 0 Å². The average molecular weight is 422 g/mol. The van der Waals surface area contributed by atoms with E-state index in [1.54, 1.807) is 16.7 Å². The number of nitrogens with zero attached hydrogens (tertiary/aromatic N) is 3. The molecule has 1 saturated heterocycles. The fourth-order valence-electron chi connectivity index (χ4n) is 4.73. The number of hydrogen-bond acceptors (Lipinski definition) is 3. The van der Waals surface area contributed by atoms with Gasteiger partial charge in [0.05, 0.1) is 13.1 Å². The molecule has 1 aliphatic heterocycles. The summed E-state index contributed by atoms with van der Waals surface area (Å²) in [5.74, 6) is 0.903. The molecule has 31 heavy (non-hydrogen) atoms. The first-order chi connectivity index (χ1) is 15.2. The van der Waals surface area contributed by atoms with E-state index in [0.717, 1.165) is 30.7 Å². The third kappa shape index (κ3) is 5.97. The lowest BCUT2D eigenvalue weighted by Gasteiger charge is -2.24. The summed E-state index contributed by atoms with van der Waals surface area (Å²) in [4.78, 5) is 19.4. The van der Waals surface area contributed by atoms with Gasteiger partial charge < -0.3 is 15.2 Å². The molecule has 2 aliphatic rings. The highest BCUT2D eigenvalue weighted by atomic mass is 16.1. The van der Waals surface area contributed by atoms with Gasteiger partial charge in [0.15, 0.2) is 5.96 Å². The monoisotopic (exact) mass is 421 g/mol. The largest absolute Gasteiger partial charge is 0.357 e. The lowest BCUT2D eigenvalue weighted by molar-refractivity contribution is 0.242. The van der Waals surface area contributed by atoms with Crippen molar-refractivity contribution in [2.24, 2.45) is 4.99 Å². The summed E-state index contributed by atoms with van der Waals surface area (Å²) in [6, 6.07) is 14.9. The normalized spacial score (nSPS) is 20.3. The Kier molecular flexibility index (Phi) is 7.41. The Labute approximate surface area is 185 Å². The molecule has 0 radical (unpaired) electrons. The Bertz CT molecular complexity index is 914. The van der Waals surface area contributed by atoms with Crippen LogP contribution in [0.3, 0.4) is 0 Å². The molecular formula is C25H35N5O. The summed E-state index contributed by atoms with van der Waals surface area (Å²) in [5, 5.41) is 7.05. The van der Waals surface area contributed by atoms with Crippen LogP contribution < -0.4 is 16.2 Å². The van der Waals surface area contributed by atoms with Crippen molar-refractivity contribution in [1.29, 1.82) is 0 Å². The smallest absolute Gasteiger partial charge is 0.250 e. The Balaban J connectivity index is 1.32. The van der Waals surface area contributed by atoms with Crippen molar-refractivity contribution >= 4 is 5.96 Å². The van der Waals surface area contributed by atoms with E-state index >= 15 is 0 Å². The van der Waals surface area contributed by atoms with E-state index in [2.05, 4.69) is 46.7 Å². The summed E-state index contributed by atoms with van der Waals surface area (Å²) >= 11 is 0. The molecule has 2 N–H and O–H groups in total. The van der Waals surface area contributed by atoms with E-state index < -0.39 is 0 Å². The molecule has 1 aliphatic carbocycles. The number of nitrogens with one attached hydrogen (secondary N) is 2. The Hall–Kier alpha value is -2.60. The maximum atomic E-state index is 11.9. The van der Waals surface area contributed by atoms with Gasteiger partial charge in [-0.15, -0.1) is 0 Å². The molecule has 0 amide bonds. The average Bonchev–Trinajstić information content (AvgIpc) is 3.47. The Morgan fingerprint density at radius 1 is 1.06 bits per heavy atom. The van der Waals surface area contributed by atoms with Crippen LogP contribution in [0.1, 0.15) is 50.2 Å². The van der Waals surface area contributed by atoms with Gasteiger partial charge in [-0.1, -0.05) is 43.2 Å². The van der Waals surface area contributed by atoms with Crippen LogP contribution >= 0.6 is 0 Å². The zero-order valence-corrected chi connectivity index (χ0v) is 18.6. The van der Waals surface area contributed by atoms with Crippen molar-refractivity contribution in [3.05, 3.63) is 70.1 Å². The van der Waals surface area contributed by atoms with Crippen molar-refractivity contribution < 1.29 is 0 Å². The summed E-state index contributed by atoms with van der Waals surface area (Å²) < 4.78 is 1.72. The molecule has 6 heteroatoms. The highest BCUT2D eigenvalue weighted by molar-refractivity contribution is 5.80. The number of likely N-dealkylation sites (tertiary alicyclic amines) is 1. The number of rotatable bonds is 7. The number of aromatic nitrogens is 1. The molecule has 2 fully saturated rings. The van der Waals surface area contributed by atoms with Gasteiger partial charge in [-0.25, -0.2) is 4.99 Å². The minimum atomic E-state index is 0.0240. The van der Waals surface area contributed by atoms with E-state index in [9.17, 15) is 4.79 Å². The van der Waals surface area contributed by atoms with E-state index in [4.69, 9.17) is 4.99 Å². The van der Waals surface area contributed by atoms with Crippen LogP contribution in [0.15, 0.2) is 58.4 Å². The predicted octanol–water partition coefficient (Wildman–Crippen LogP) is 2.97. The molecule has 0 bridgehead atoms. The maximum absolute atomic E-state index is 11.9. The van der Waals surface area contributed by atoms with E-state index in [1.807, 2.05) is 12.3 Å². The lowest BCUT2D eigenvalue weighted by Crippen LogP contribution is -2.45. The minimum absolute atomic E-state index is 0.0240. The molecule has 6 nitrogen and oxygen atoms in total. The molecular weight excluding hydrogens is 386 g/mol. The predicted molar refractivity (Wildman–Crippen MR) is 126 cm³/mol. The SMILES string of the molecule is CCNC(=NCc1ccc(Cn2ccccc2=O)cc1)NC1CCN(C2CCCC2)C1. The summed E-state index contributed by atoms with van der Waals surface area (Å²) in [6.07, 6.45) is 8.54. The van der Waals surface area contributed by atoms with Crippen LogP contribution in [0.25, 0.3) is 0 Å². The first-order valence-corrected chi connectivity index (χ1v) is 11.7. The summed E-state index contributed by atoms with van der Waals surface area (Å²) in [6.45, 7) is 6.52. The van der Waals surface area contributed by atoms with Crippen molar-refractivity contribution in [1.82, 2.24) is 20.1 Å². The molecule has 0 spiro atoms. The van der Waals surface area contributed by atoms with Crippen LogP contribution in [0.2, 0.25) is 0 Å². The van der Waals surface area contributed by atoms with Gasteiger partial charge in [0, 0.05) is 44.0 Å². The molecule has 1 saturated carbocycles. The number of pyridine rings is 1. The molecule has 1 aromatic heterocycles. The number of guanidine groups is 1. The quantitative estimate of drug-likeness (QED) is 0.533. The van der Waals surface area contributed by atoms with Crippen LogP contribution in [-0.2, 0) is 13.1 Å². The Morgan fingerprint density at radius 3 is 2.58 bits per heavy atom. The van der Waals surface area contributed by atoms with Gasteiger partial charge >= 0.3 is 0 Å². The standard InChI is InChI=1S/C25H35N5O/c1-2-26-25(28-22-14-16-29(19-22)23-7-3-4-8-23)27-17-20-10-12-21(13-11-20)18-30-15-6-5-9-24(30)31/h5-6,9-13,15,22-23H,2-4,7-8,14,16-19H2,1H3,(H2,26,27,28). The fourth-order valence-corrected chi connectivity index (χ4v) is 4.73. The van der Waals surface area contributed by atoms with E-state index in [1.165, 1.54) is 44.2 Å². The minimum Gasteiger partial charge on any atom is -0.357 e. The van der Waals surface area contributed by atoms with Gasteiger partial charge in [-0.05, 0) is 43.4 Å². The molecule has 1 aromatic carbocycles. The highest BCUT2D eigenvalue weighted by Gasteiger charge is 2.30. The summed E-state index contributed by atoms with van der Waals surface area (Å²) in [5.41, 5.74) is 2.31. The van der Waals surface area contributed by atoms with E-state index in [-0.39, 0.29) is 5.56 Å². The van der Waals surface area contributed by atoms with Crippen molar-refractivity contribution in [3.63, 3.8) is 0 Å². The number of benzene rings is 1. The number of hydrogen-bond donors (Lipinski definition) is 2. The van der Waals surface area contributed by atoms with Crippen LogP contribution in [-0.4, -0.2) is 47.1 Å². The third-order valence-corrected chi connectivity index (χ3v) is 6.44. The first kappa shape index (κ1) is 21.6. The fraction of sp³-hybridized carbons (Fsp3) is 0.520. The van der Waals surface area contributed by atoms with Crippen LogP contribution in [0, 0.1) is 0 Å². The lowest BCUT2D eigenvalue weighted by atomic mass is 10.1. The third-order valence-electron chi connectivity index (χ3n) is 6.44. The highest BCUT2D eigenvalue weighted by Crippen LogP contribution is 2.26. The zero-order valence-electron chi connectivity index (χ0n) is 18.6. The summed E-state index contributed by atoms with van der Waals surface area (Å²) in [7, 11) is 0. The van der Waals surface area contributed by atoms with Crippen molar-refractivity contribution in [3.8, 4) is 0 Å². The van der Waals surface area contributed by atoms with Crippen LogP contribution in [0.5, 0.6) is 0 Å². The molecule has 2 heterocycles.